The zero-order valence-electron chi connectivity index (χ0n) is 23.1. The molecule has 1 fully saturated rings. The lowest BCUT2D eigenvalue weighted by Crippen LogP contribution is -2.52. The second kappa shape index (κ2) is 13.2. The van der Waals surface area contributed by atoms with Crippen LogP contribution in [0, 0.1) is 11.6 Å². The van der Waals surface area contributed by atoms with Gasteiger partial charge in [-0.2, -0.15) is 0 Å². The second-order valence-electron chi connectivity index (χ2n) is 10.2. The Kier molecular flexibility index (Phi) is 9.69. The first-order valence-electron chi connectivity index (χ1n) is 13.4. The largest absolute Gasteiger partial charge is 0.497 e. The molecule has 3 aromatic rings. The maximum Gasteiger partial charge on any atom is 0.273 e. The quantitative estimate of drug-likeness (QED) is 0.301. The average Bonchev–Trinajstić information content (AvgIpc) is 2.91. The van der Waals surface area contributed by atoms with Crippen molar-refractivity contribution in [2.24, 2.45) is 0 Å². The summed E-state index contributed by atoms with van der Waals surface area (Å²) >= 11 is 0. The molecule has 2 heterocycles. The van der Waals surface area contributed by atoms with E-state index in [-0.39, 0.29) is 46.9 Å². The molecule has 9 heteroatoms. The SMILES string of the molecule is COCCCOc1cc(C(=O)N(C(C)C)C2CCCN(Cc3ccc(OC)cc3)C2)nc2c(F)cc(F)cc12. The first kappa shape index (κ1) is 28.7. The molecular formula is C30H37F2N3O4. The highest BCUT2D eigenvalue weighted by molar-refractivity contribution is 5.97. The van der Waals surface area contributed by atoms with Gasteiger partial charge in [0.05, 0.1) is 13.7 Å². The summed E-state index contributed by atoms with van der Waals surface area (Å²) in [5, 5.41) is 0.195. The van der Waals surface area contributed by atoms with Crippen molar-refractivity contribution in [3.05, 3.63) is 65.4 Å². The van der Waals surface area contributed by atoms with Crippen LogP contribution in [-0.4, -0.2) is 73.3 Å². The lowest BCUT2D eigenvalue weighted by Gasteiger charge is -2.41. The Morgan fingerprint density at radius 1 is 1.13 bits per heavy atom. The van der Waals surface area contributed by atoms with E-state index in [4.69, 9.17) is 14.2 Å². The number of likely N-dealkylation sites (tertiary alicyclic amines) is 1. The lowest BCUT2D eigenvalue weighted by molar-refractivity contribution is 0.0437. The number of ether oxygens (including phenoxy) is 3. The van der Waals surface area contributed by atoms with E-state index in [1.165, 1.54) is 17.7 Å². The summed E-state index contributed by atoms with van der Waals surface area (Å²) in [6, 6.07) is 11.3. The molecule has 0 bridgehead atoms. The van der Waals surface area contributed by atoms with Gasteiger partial charge in [0.1, 0.15) is 28.5 Å². The van der Waals surface area contributed by atoms with Crippen molar-refractivity contribution < 1.29 is 27.8 Å². The van der Waals surface area contributed by atoms with Gasteiger partial charge in [-0.15, -0.1) is 0 Å². The first-order valence-corrected chi connectivity index (χ1v) is 13.4. The molecule has 210 valence electrons. The molecule has 1 atom stereocenters. The fourth-order valence-corrected chi connectivity index (χ4v) is 5.18. The third-order valence-corrected chi connectivity index (χ3v) is 6.99. The van der Waals surface area contributed by atoms with Crippen molar-refractivity contribution >= 4 is 16.8 Å². The number of carbonyl (C=O) groups excluding carboxylic acids is 1. The van der Waals surface area contributed by atoms with Crippen LogP contribution in [0.2, 0.25) is 0 Å². The van der Waals surface area contributed by atoms with E-state index in [2.05, 4.69) is 22.0 Å². The van der Waals surface area contributed by atoms with Gasteiger partial charge in [-0.05, 0) is 57.0 Å². The molecule has 1 amide bonds. The van der Waals surface area contributed by atoms with Gasteiger partial charge in [-0.25, -0.2) is 13.8 Å². The van der Waals surface area contributed by atoms with Crippen molar-refractivity contribution in [1.29, 1.82) is 0 Å². The summed E-state index contributed by atoms with van der Waals surface area (Å²) in [6.07, 6.45) is 2.40. The molecule has 0 N–H and O–H groups in total. The second-order valence-corrected chi connectivity index (χ2v) is 10.2. The van der Waals surface area contributed by atoms with Gasteiger partial charge in [-0.1, -0.05) is 12.1 Å². The topological polar surface area (TPSA) is 64.1 Å². The van der Waals surface area contributed by atoms with Gasteiger partial charge < -0.3 is 19.1 Å². The number of benzene rings is 2. The number of rotatable bonds is 11. The highest BCUT2D eigenvalue weighted by Crippen LogP contribution is 2.30. The van der Waals surface area contributed by atoms with Gasteiger partial charge in [0.15, 0.2) is 5.82 Å². The molecule has 0 saturated carbocycles. The highest BCUT2D eigenvalue weighted by atomic mass is 19.1. The number of fused-ring (bicyclic) bond motifs is 1. The van der Waals surface area contributed by atoms with E-state index in [1.54, 1.807) is 14.2 Å². The van der Waals surface area contributed by atoms with E-state index < -0.39 is 11.6 Å². The van der Waals surface area contributed by atoms with Crippen molar-refractivity contribution in [3.8, 4) is 11.5 Å². The normalized spacial score (nSPS) is 16.0. The maximum atomic E-state index is 14.8. The van der Waals surface area contributed by atoms with Crippen LogP contribution < -0.4 is 9.47 Å². The predicted octanol–water partition coefficient (Wildman–Crippen LogP) is 5.45. The molecule has 39 heavy (non-hydrogen) atoms. The molecule has 1 saturated heterocycles. The Hall–Kier alpha value is -3.30. The van der Waals surface area contributed by atoms with Crippen LogP contribution in [0.1, 0.15) is 49.2 Å². The fraction of sp³-hybridized carbons (Fsp3) is 0.467. The lowest BCUT2D eigenvalue weighted by atomic mass is 10.0. The molecule has 0 radical (unpaired) electrons. The van der Waals surface area contributed by atoms with Crippen LogP contribution in [0.3, 0.4) is 0 Å². The molecule has 1 aliphatic rings. The van der Waals surface area contributed by atoms with Crippen molar-refractivity contribution in [2.75, 3.05) is 40.5 Å². The van der Waals surface area contributed by atoms with Crippen molar-refractivity contribution in [3.63, 3.8) is 0 Å². The Labute approximate surface area is 228 Å². The molecule has 1 aliphatic heterocycles. The van der Waals surface area contributed by atoms with Gasteiger partial charge in [0.2, 0.25) is 0 Å². The van der Waals surface area contributed by atoms with Gasteiger partial charge >= 0.3 is 0 Å². The van der Waals surface area contributed by atoms with Crippen molar-refractivity contribution in [1.82, 2.24) is 14.8 Å². The minimum Gasteiger partial charge on any atom is -0.497 e. The third-order valence-electron chi connectivity index (χ3n) is 6.99. The van der Waals surface area contributed by atoms with Crippen molar-refractivity contribution in [2.45, 2.75) is 51.7 Å². The molecule has 1 aromatic heterocycles. The Bertz CT molecular complexity index is 1270. The zero-order valence-corrected chi connectivity index (χ0v) is 23.1. The van der Waals surface area contributed by atoms with Crippen LogP contribution in [0.15, 0.2) is 42.5 Å². The first-order chi connectivity index (χ1) is 18.8. The summed E-state index contributed by atoms with van der Waals surface area (Å²) in [5.41, 5.74) is 1.17. The minimum absolute atomic E-state index is 0.0360. The van der Waals surface area contributed by atoms with Crippen LogP contribution in [-0.2, 0) is 11.3 Å². The van der Waals surface area contributed by atoms with E-state index in [0.29, 0.717) is 19.6 Å². The van der Waals surface area contributed by atoms with Gasteiger partial charge in [0.25, 0.3) is 5.91 Å². The molecule has 0 spiro atoms. The number of methoxy groups -OCH3 is 2. The zero-order chi connectivity index (χ0) is 27.9. The monoisotopic (exact) mass is 541 g/mol. The average molecular weight is 542 g/mol. The fourth-order valence-electron chi connectivity index (χ4n) is 5.18. The van der Waals surface area contributed by atoms with Gasteiger partial charge in [-0.3, -0.25) is 9.69 Å². The predicted molar refractivity (Wildman–Crippen MR) is 146 cm³/mol. The Morgan fingerprint density at radius 2 is 1.90 bits per heavy atom. The third kappa shape index (κ3) is 7.02. The molecular weight excluding hydrogens is 504 g/mol. The van der Waals surface area contributed by atoms with E-state index >= 15 is 0 Å². The summed E-state index contributed by atoms with van der Waals surface area (Å²) in [6.45, 7) is 7.11. The van der Waals surface area contributed by atoms with Gasteiger partial charge in [0, 0.05) is 62.8 Å². The molecule has 0 aliphatic carbocycles. The summed E-state index contributed by atoms with van der Waals surface area (Å²) in [5.74, 6) is -0.817. The summed E-state index contributed by atoms with van der Waals surface area (Å²) in [4.78, 5) is 22.5. The molecule has 4 rings (SSSR count). The smallest absolute Gasteiger partial charge is 0.273 e. The maximum absolute atomic E-state index is 14.8. The number of amides is 1. The number of pyridine rings is 1. The number of hydrogen-bond acceptors (Lipinski definition) is 6. The highest BCUT2D eigenvalue weighted by Gasteiger charge is 2.32. The number of halogens is 2. The summed E-state index contributed by atoms with van der Waals surface area (Å²) < 4.78 is 45.1. The van der Waals surface area contributed by atoms with Crippen LogP contribution >= 0.6 is 0 Å². The van der Waals surface area contributed by atoms with Crippen LogP contribution in [0.25, 0.3) is 10.9 Å². The number of piperidine rings is 1. The molecule has 7 nitrogen and oxygen atoms in total. The van der Waals surface area contributed by atoms with E-state index in [1.807, 2.05) is 30.9 Å². The van der Waals surface area contributed by atoms with Crippen LogP contribution in [0.5, 0.6) is 11.5 Å². The van der Waals surface area contributed by atoms with Crippen LogP contribution in [0.4, 0.5) is 8.78 Å². The Morgan fingerprint density at radius 3 is 2.59 bits per heavy atom. The minimum atomic E-state index is -0.833. The Balaban J connectivity index is 1.59. The van der Waals surface area contributed by atoms with E-state index in [0.717, 1.165) is 37.7 Å². The number of nitrogens with zero attached hydrogens (tertiary/aromatic N) is 3. The standard InChI is InChI=1S/C30H37F2N3O4/c1-20(2)35(23-7-5-12-34(19-23)18-21-8-10-24(38-4)11-9-21)30(36)27-17-28(39-14-6-13-37-3)25-15-22(31)16-26(32)29(25)33-27/h8-11,15-17,20,23H,5-7,12-14,18-19H2,1-4H3. The van der Waals surface area contributed by atoms with E-state index in [9.17, 15) is 13.6 Å². The molecule has 2 aromatic carbocycles. The number of hydrogen-bond donors (Lipinski definition) is 0. The number of carbonyl (C=O) groups is 1. The number of aromatic nitrogens is 1. The molecule has 1 unspecified atom stereocenters. The summed E-state index contributed by atoms with van der Waals surface area (Å²) in [7, 11) is 3.24.